The zero-order valence-corrected chi connectivity index (χ0v) is 16.7. The van der Waals surface area contributed by atoms with Crippen molar-refractivity contribution in [3.8, 4) is 0 Å². The van der Waals surface area contributed by atoms with Crippen molar-refractivity contribution >= 4 is 23.8 Å². The molecule has 0 aromatic carbocycles. The lowest BCUT2D eigenvalue weighted by atomic mass is 10.3. The van der Waals surface area contributed by atoms with Gasteiger partial charge >= 0.3 is 11.9 Å². The highest BCUT2D eigenvalue weighted by molar-refractivity contribution is 5.89. The molecule has 2 fully saturated rings. The second-order valence-corrected chi connectivity index (χ2v) is 6.94. The number of hydrogen-bond acceptors (Lipinski definition) is 7. The summed E-state index contributed by atoms with van der Waals surface area (Å²) in [7, 11) is 0. The Hall–Kier alpha value is -2.68. The van der Waals surface area contributed by atoms with Gasteiger partial charge in [-0.3, -0.25) is 9.59 Å². The van der Waals surface area contributed by atoms with Crippen LogP contribution in [-0.2, 0) is 33.4 Å². The van der Waals surface area contributed by atoms with Crippen molar-refractivity contribution < 1.29 is 33.4 Å². The van der Waals surface area contributed by atoms with E-state index in [4.69, 9.17) is 14.2 Å². The summed E-state index contributed by atoms with van der Waals surface area (Å²) in [5.74, 6) is -1.08. The first kappa shape index (κ1) is 22.6. The van der Waals surface area contributed by atoms with Crippen LogP contribution in [0.1, 0.15) is 25.7 Å². The van der Waals surface area contributed by atoms with E-state index in [2.05, 4.69) is 13.2 Å². The van der Waals surface area contributed by atoms with Gasteiger partial charge in [-0.15, -0.1) is 0 Å². The van der Waals surface area contributed by atoms with Crippen LogP contribution in [0.2, 0.25) is 0 Å². The largest absolute Gasteiger partial charge is 0.460 e. The third kappa shape index (κ3) is 7.34. The van der Waals surface area contributed by atoms with Gasteiger partial charge in [-0.1, -0.05) is 13.2 Å². The van der Waals surface area contributed by atoms with Crippen molar-refractivity contribution in [2.75, 3.05) is 52.6 Å². The summed E-state index contributed by atoms with van der Waals surface area (Å²) < 4.78 is 15.4. The summed E-state index contributed by atoms with van der Waals surface area (Å²) in [4.78, 5) is 50.0. The van der Waals surface area contributed by atoms with Crippen LogP contribution >= 0.6 is 0 Å². The molecule has 0 aliphatic carbocycles. The fourth-order valence-corrected chi connectivity index (χ4v) is 3.00. The Morgan fingerprint density at radius 2 is 1.21 bits per heavy atom. The van der Waals surface area contributed by atoms with Crippen LogP contribution in [-0.4, -0.2) is 86.2 Å². The Balaban J connectivity index is 1.53. The van der Waals surface area contributed by atoms with Crippen LogP contribution in [0.15, 0.2) is 24.3 Å². The number of carbonyl (C=O) groups is 4. The molecule has 2 rings (SSSR count). The molecule has 0 aromatic heterocycles. The standard InChI is InChI=1S/C20H28N2O7/c1-15(19(25)28-11-9-21-7-3-5-17(21)23)13-27-14-16(2)20(26)29-12-10-22-8-4-6-18(22)24/h1-14H2. The second-order valence-electron chi connectivity index (χ2n) is 6.94. The lowest BCUT2D eigenvalue weighted by Crippen LogP contribution is -2.29. The van der Waals surface area contributed by atoms with Gasteiger partial charge in [-0.2, -0.15) is 0 Å². The topological polar surface area (TPSA) is 102 Å². The van der Waals surface area contributed by atoms with Crippen LogP contribution in [0.4, 0.5) is 0 Å². The van der Waals surface area contributed by atoms with Gasteiger partial charge in [0.05, 0.1) is 37.4 Å². The van der Waals surface area contributed by atoms with E-state index in [0.717, 1.165) is 12.8 Å². The van der Waals surface area contributed by atoms with Crippen molar-refractivity contribution in [2.45, 2.75) is 25.7 Å². The molecule has 0 spiro atoms. The molecular weight excluding hydrogens is 380 g/mol. The van der Waals surface area contributed by atoms with Crippen LogP contribution in [0.5, 0.6) is 0 Å². The highest BCUT2D eigenvalue weighted by atomic mass is 16.5. The fraction of sp³-hybridized carbons (Fsp3) is 0.600. The Morgan fingerprint density at radius 1 is 0.793 bits per heavy atom. The Labute approximate surface area is 170 Å². The van der Waals surface area contributed by atoms with Crippen LogP contribution in [0.3, 0.4) is 0 Å². The van der Waals surface area contributed by atoms with Crippen molar-refractivity contribution in [3.05, 3.63) is 24.3 Å². The normalized spacial score (nSPS) is 16.3. The van der Waals surface area contributed by atoms with E-state index in [9.17, 15) is 19.2 Å². The van der Waals surface area contributed by atoms with Gasteiger partial charge in [0.1, 0.15) is 13.2 Å². The minimum Gasteiger partial charge on any atom is -0.460 e. The number of esters is 2. The summed E-state index contributed by atoms with van der Waals surface area (Å²) in [6.07, 6.45) is 2.74. The maximum Gasteiger partial charge on any atom is 0.335 e. The zero-order valence-electron chi connectivity index (χ0n) is 16.7. The predicted octanol–water partition coefficient (Wildman–Crippen LogP) is 0.447. The van der Waals surface area contributed by atoms with Gasteiger partial charge in [-0.05, 0) is 12.8 Å². The first-order valence-electron chi connectivity index (χ1n) is 9.71. The number of likely N-dealkylation sites (tertiary alicyclic amines) is 2. The molecule has 0 unspecified atom stereocenters. The molecule has 2 heterocycles. The molecule has 0 saturated carbocycles. The number of rotatable bonds is 12. The maximum absolute atomic E-state index is 11.9. The third-order valence-electron chi connectivity index (χ3n) is 4.66. The molecule has 2 aliphatic heterocycles. The molecule has 0 radical (unpaired) electrons. The average molecular weight is 408 g/mol. The monoisotopic (exact) mass is 408 g/mol. The summed E-state index contributed by atoms with van der Waals surface area (Å²) in [5.41, 5.74) is 0.206. The zero-order chi connectivity index (χ0) is 21.2. The Bertz CT molecular complexity index is 618. The second kappa shape index (κ2) is 11.4. The van der Waals surface area contributed by atoms with Crippen molar-refractivity contribution in [1.82, 2.24) is 9.80 Å². The van der Waals surface area contributed by atoms with Crippen molar-refractivity contribution in [2.24, 2.45) is 0 Å². The third-order valence-corrected chi connectivity index (χ3v) is 4.66. The molecule has 160 valence electrons. The van der Waals surface area contributed by atoms with E-state index in [-0.39, 0.29) is 49.4 Å². The molecule has 2 amide bonds. The molecule has 29 heavy (non-hydrogen) atoms. The average Bonchev–Trinajstić information content (AvgIpc) is 3.29. The Kier molecular flexibility index (Phi) is 8.85. The van der Waals surface area contributed by atoms with Crippen molar-refractivity contribution in [1.29, 1.82) is 0 Å². The van der Waals surface area contributed by atoms with E-state index < -0.39 is 11.9 Å². The lowest BCUT2D eigenvalue weighted by Gasteiger charge is -2.16. The number of carbonyl (C=O) groups excluding carboxylic acids is 4. The van der Waals surface area contributed by atoms with Gasteiger partial charge in [0.2, 0.25) is 11.8 Å². The predicted molar refractivity (Wildman–Crippen MR) is 103 cm³/mol. The SMILES string of the molecule is C=C(COCC(=C)C(=O)OCCN1CCCC1=O)C(=O)OCCN1CCCC1=O. The highest BCUT2D eigenvalue weighted by Gasteiger charge is 2.21. The number of amides is 2. The van der Waals surface area contributed by atoms with Gasteiger partial charge in [0, 0.05) is 25.9 Å². The molecule has 0 aromatic rings. The Morgan fingerprint density at radius 3 is 1.55 bits per heavy atom. The number of nitrogens with zero attached hydrogens (tertiary/aromatic N) is 2. The first-order chi connectivity index (χ1) is 13.9. The van der Waals surface area contributed by atoms with E-state index in [1.807, 2.05) is 0 Å². The molecule has 0 N–H and O–H groups in total. The molecule has 0 bridgehead atoms. The summed E-state index contributed by atoms with van der Waals surface area (Å²) in [6.45, 7) is 9.27. The number of hydrogen-bond donors (Lipinski definition) is 0. The van der Waals surface area contributed by atoms with E-state index >= 15 is 0 Å². The van der Waals surface area contributed by atoms with E-state index in [1.54, 1.807) is 9.80 Å². The fourth-order valence-electron chi connectivity index (χ4n) is 3.00. The summed E-state index contributed by atoms with van der Waals surface area (Å²) in [5, 5.41) is 0. The highest BCUT2D eigenvalue weighted by Crippen LogP contribution is 2.10. The molecular formula is C20H28N2O7. The van der Waals surface area contributed by atoms with Gasteiger partial charge < -0.3 is 24.0 Å². The molecule has 9 heteroatoms. The molecule has 2 saturated heterocycles. The van der Waals surface area contributed by atoms with Crippen LogP contribution in [0.25, 0.3) is 0 Å². The molecule has 0 atom stereocenters. The van der Waals surface area contributed by atoms with Gasteiger partial charge in [-0.25, -0.2) is 9.59 Å². The number of ether oxygens (including phenoxy) is 3. The molecule has 9 nitrogen and oxygen atoms in total. The lowest BCUT2D eigenvalue weighted by molar-refractivity contribution is -0.142. The molecule has 2 aliphatic rings. The maximum atomic E-state index is 11.9. The quantitative estimate of drug-likeness (QED) is 0.341. The first-order valence-corrected chi connectivity index (χ1v) is 9.71. The smallest absolute Gasteiger partial charge is 0.335 e. The summed E-state index contributed by atoms with van der Waals surface area (Å²) >= 11 is 0. The van der Waals surface area contributed by atoms with Gasteiger partial charge in [0.15, 0.2) is 0 Å². The van der Waals surface area contributed by atoms with Crippen LogP contribution in [0, 0.1) is 0 Å². The summed E-state index contributed by atoms with van der Waals surface area (Å²) in [6, 6.07) is 0. The van der Waals surface area contributed by atoms with E-state index in [0.29, 0.717) is 39.0 Å². The minimum atomic E-state index is -0.611. The van der Waals surface area contributed by atoms with Gasteiger partial charge in [0.25, 0.3) is 0 Å². The van der Waals surface area contributed by atoms with Crippen molar-refractivity contribution in [3.63, 3.8) is 0 Å². The van der Waals surface area contributed by atoms with E-state index in [1.165, 1.54) is 0 Å². The van der Waals surface area contributed by atoms with Crippen LogP contribution < -0.4 is 0 Å². The minimum absolute atomic E-state index is 0.0700.